The molecule has 1 aliphatic carbocycles. The first kappa shape index (κ1) is 10.0. The minimum Gasteiger partial charge on any atom is -0.486 e. The van der Waals surface area contributed by atoms with Gasteiger partial charge >= 0.3 is 0 Å². The van der Waals surface area contributed by atoms with Crippen LogP contribution in [0.5, 0.6) is 5.75 Å². The van der Waals surface area contributed by atoms with Gasteiger partial charge in [0.1, 0.15) is 11.9 Å². The second-order valence-electron chi connectivity index (χ2n) is 4.01. The van der Waals surface area contributed by atoms with Crippen molar-refractivity contribution in [3.63, 3.8) is 0 Å². The molecular formula is C14H16O. The van der Waals surface area contributed by atoms with Crippen LogP contribution in [0.4, 0.5) is 0 Å². The molecule has 0 heterocycles. The third kappa shape index (κ3) is 2.72. The van der Waals surface area contributed by atoms with Crippen molar-refractivity contribution in [1.82, 2.24) is 0 Å². The summed E-state index contributed by atoms with van der Waals surface area (Å²) in [5.74, 6) is 0.947. The van der Waals surface area contributed by atoms with Crippen LogP contribution in [0.2, 0.25) is 0 Å². The van der Waals surface area contributed by atoms with Gasteiger partial charge in [0, 0.05) is 6.42 Å². The Morgan fingerprint density at radius 1 is 1.13 bits per heavy atom. The van der Waals surface area contributed by atoms with E-state index >= 15 is 0 Å². The van der Waals surface area contributed by atoms with E-state index in [1.165, 1.54) is 11.1 Å². The third-order valence-corrected chi connectivity index (χ3v) is 2.55. The van der Waals surface area contributed by atoms with Crippen molar-refractivity contribution in [1.29, 1.82) is 0 Å². The molecule has 0 aliphatic heterocycles. The maximum absolute atomic E-state index is 5.83. The second-order valence-corrected chi connectivity index (χ2v) is 4.01. The van der Waals surface area contributed by atoms with E-state index in [0.717, 1.165) is 12.2 Å². The molecule has 15 heavy (non-hydrogen) atoms. The Labute approximate surface area is 91.1 Å². The first-order valence-corrected chi connectivity index (χ1v) is 5.32. The summed E-state index contributed by atoms with van der Waals surface area (Å²) in [5.41, 5.74) is 2.58. The number of allylic oxidation sites excluding steroid dienone is 2. The van der Waals surface area contributed by atoms with Crippen molar-refractivity contribution < 1.29 is 4.74 Å². The summed E-state index contributed by atoms with van der Waals surface area (Å²) in [6, 6.07) is 8.19. The van der Waals surface area contributed by atoms with Crippen LogP contribution in [-0.4, -0.2) is 6.10 Å². The molecule has 1 aliphatic rings. The molecule has 0 N–H and O–H groups in total. The highest BCUT2D eigenvalue weighted by molar-refractivity contribution is 5.28. The molecule has 0 saturated heterocycles. The van der Waals surface area contributed by atoms with E-state index in [-0.39, 0.29) is 6.10 Å². The molecule has 1 aromatic carbocycles. The molecule has 0 amide bonds. The highest BCUT2D eigenvalue weighted by atomic mass is 16.5. The van der Waals surface area contributed by atoms with Gasteiger partial charge in [0.15, 0.2) is 0 Å². The lowest BCUT2D eigenvalue weighted by Crippen LogP contribution is -2.14. The van der Waals surface area contributed by atoms with E-state index < -0.39 is 0 Å². The molecule has 0 fully saturated rings. The number of rotatable bonds is 2. The topological polar surface area (TPSA) is 9.23 Å². The highest BCUT2D eigenvalue weighted by Crippen LogP contribution is 2.18. The molecule has 0 aromatic heterocycles. The van der Waals surface area contributed by atoms with Crippen LogP contribution in [0.25, 0.3) is 0 Å². The summed E-state index contributed by atoms with van der Waals surface area (Å²) in [6.45, 7) is 4.19. The van der Waals surface area contributed by atoms with Crippen molar-refractivity contribution >= 4 is 0 Å². The highest BCUT2D eigenvalue weighted by Gasteiger charge is 2.08. The zero-order valence-corrected chi connectivity index (χ0v) is 9.23. The third-order valence-electron chi connectivity index (χ3n) is 2.55. The van der Waals surface area contributed by atoms with Gasteiger partial charge in [0.25, 0.3) is 0 Å². The van der Waals surface area contributed by atoms with Crippen molar-refractivity contribution in [2.75, 3.05) is 0 Å². The Kier molecular flexibility index (Phi) is 2.91. The summed E-state index contributed by atoms with van der Waals surface area (Å²) in [5, 5.41) is 0. The molecule has 0 unspecified atom stereocenters. The molecule has 2 rings (SSSR count). The lowest BCUT2D eigenvalue weighted by Gasteiger charge is -2.17. The van der Waals surface area contributed by atoms with Gasteiger partial charge in [-0.15, -0.1) is 0 Å². The Balaban J connectivity index is 1.99. The van der Waals surface area contributed by atoms with Gasteiger partial charge in [-0.1, -0.05) is 35.4 Å². The van der Waals surface area contributed by atoms with Crippen LogP contribution in [0, 0.1) is 6.92 Å². The number of hydrogen-bond donors (Lipinski definition) is 0. The number of aryl methyl sites for hydroxylation is 1. The van der Waals surface area contributed by atoms with Gasteiger partial charge in [-0.05, 0) is 32.1 Å². The smallest absolute Gasteiger partial charge is 0.121 e. The zero-order valence-electron chi connectivity index (χ0n) is 9.23. The average molecular weight is 200 g/mol. The number of benzene rings is 1. The summed E-state index contributed by atoms with van der Waals surface area (Å²) < 4.78 is 5.83. The van der Waals surface area contributed by atoms with Crippen LogP contribution in [0.3, 0.4) is 0 Å². The maximum Gasteiger partial charge on any atom is 0.121 e. The molecular weight excluding hydrogens is 184 g/mol. The van der Waals surface area contributed by atoms with Crippen LogP contribution in [0.1, 0.15) is 18.9 Å². The number of hydrogen-bond acceptors (Lipinski definition) is 1. The average Bonchev–Trinajstić information content (AvgIpc) is 2.25. The molecule has 0 spiro atoms. The molecule has 0 saturated carbocycles. The Morgan fingerprint density at radius 3 is 2.47 bits per heavy atom. The summed E-state index contributed by atoms with van der Waals surface area (Å²) in [4.78, 5) is 0. The van der Waals surface area contributed by atoms with Gasteiger partial charge in [0.05, 0.1) is 0 Å². The van der Waals surface area contributed by atoms with Gasteiger partial charge < -0.3 is 4.74 Å². The first-order valence-electron chi connectivity index (χ1n) is 5.32. The van der Waals surface area contributed by atoms with E-state index in [4.69, 9.17) is 4.74 Å². The van der Waals surface area contributed by atoms with E-state index in [1.807, 2.05) is 12.1 Å². The molecule has 78 valence electrons. The van der Waals surface area contributed by atoms with Crippen molar-refractivity contribution in [3.05, 3.63) is 53.6 Å². The normalized spacial score (nSPS) is 19.9. The van der Waals surface area contributed by atoms with Crippen LogP contribution in [-0.2, 0) is 0 Å². The van der Waals surface area contributed by atoms with E-state index in [0.29, 0.717) is 0 Å². The van der Waals surface area contributed by atoms with Gasteiger partial charge in [-0.3, -0.25) is 0 Å². The lowest BCUT2D eigenvalue weighted by atomic mass is 10.1. The maximum atomic E-state index is 5.83. The van der Waals surface area contributed by atoms with Gasteiger partial charge in [0.2, 0.25) is 0 Å². The molecule has 0 radical (unpaired) electrons. The van der Waals surface area contributed by atoms with Crippen molar-refractivity contribution in [2.24, 2.45) is 0 Å². The molecule has 1 aromatic rings. The molecule has 1 nitrogen and oxygen atoms in total. The first-order chi connectivity index (χ1) is 7.24. The van der Waals surface area contributed by atoms with Crippen LogP contribution in [0.15, 0.2) is 48.1 Å². The summed E-state index contributed by atoms with van der Waals surface area (Å²) in [6.07, 6.45) is 7.60. The standard InChI is InChI=1S/C14H16O/c1-11-3-7-13(8-4-11)15-14-9-5-12(2)6-10-14/h3-9,14H,10H2,1-2H3/t14-/m0/s1. The minimum atomic E-state index is 0.191. The SMILES string of the molecule is CC1=CC[C@@H](Oc2ccc(C)cc2)C=C1. The summed E-state index contributed by atoms with van der Waals surface area (Å²) in [7, 11) is 0. The largest absolute Gasteiger partial charge is 0.486 e. The Morgan fingerprint density at radius 2 is 1.87 bits per heavy atom. The van der Waals surface area contributed by atoms with Crippen LogP contribution >= 0.6 is 0 Å². The quantitative estimate of drug-likeness (QED) is 0.708. The predicted molar refractivity (Wildman–Crippen MR) is 63.1 cm³/mol. The van der Waals surface area contributed by atoms with Crippen LogP contribution < -0.4 is 4.74 Å². The summed E-state index contributed by atoms with van der Waals surface area (Å²) >= 11 is 0. The Bertz CT molecular complexity index is 384. The van der Waals surface area contributed by atoms with E-state index in [1.54, 1.807) is 0 Å². The second kappa shape index (κ2) is 4.35. The zero-order chi connectivity index (χ0) is 10.7. The van der Waals surface area contributed by atoms with Crippen molar-refractivity contribution in [3.8, 4) is 5.75 Å². The van der Waals surface area contributed by atoms with Gasteiger partial charge in [-0.2, -0.15) is 0 Å². The molecule has 1 atom stereocenters. The predicted octanol–water partition coefficient (Wildman–Crippen LogP) is 3.65. The fourth-order valence-corrected chi connectivity index (χ4v) is 1.59. The monoisotopic (exact) mass is 200 g/mol. The Hall–Kier alpha value is -1.50. The molecule has 0 bridgehead atoms. The lowest BCUT2D eigenvalue weighted by molar-refractivity contribution is 0.251. The van der Waals surface area contributed by atoms with Crippen molar-refractivity contribution in [2.45, 2.75) is 26.4 Å². The van der Waals surface area contributed by atoms with E-state index in [2.05, 4.69) is 44.2 Å². The fourth-order valence-electron chi connectivity index (χ4n) is 1.59. The van der Waals surface area contributed by atoms with Gasteiger partial charge in [-0.25, -0.2) is 0 Å². The fraction of sp³-hybridized carbons (Fsp3) is 0.286. The van der Waals surface area contributed by atoms with E-state index in [9.17, 15) is 0 Å². The molecule has 1 heteroatoms. The minimum absolute atomic E-state index is 0.191. The number of ether oxygens (including phenoxy) is 1.